The van der Waals surface area contributed by atoms with E-state index in [1.807, 2.05) is 74.6 Å². The molecule has 0 unspecified atom stereocenters. The molecule has 0 spiro atoms. The Morgan fingerprint density at radius 3 is 2.56 bits per heavy atom. The number of pyridine rings is 1. The number of hydrogen-bond donors (Lipinski definition) is 1. The largest absolute Gasteiger partial charge is 0.490 e. The molecule has 0 atom stereocenters. The molecule has 0 amide bonds. The average molecular weight is 367 g/mol. The molecule has 1 aromatic heterocycles. The lowest BCUT2D eigenvalue weighted by Crippen LogP contribution is -2.47. The number of piperidine rings is 1. The van der Waals surface area contributed by atoms with Gasteiger partial charge in [0.2, 0.25) is 0 Å². The summed E-state index contributed by atoms with van der Waals surface area (Å²) in [4.78, 5) is 13.4. The first-order valence-corrected chi connectivity index (χ1v) is 9.46. The Balaban J connectivity index is 1.50. The lowest BCUT2D eigenvalue weighted by atomic mass is 10.1. The maximum Gasteiger partial charge on any atom is 0.193 e. The van der Waals surface area contributed by atoms with Gasteiger partial charge in [0, 0.05) is 47.1 Å². The van der Waals surface area contributed by atoms with Gasteiger partial charge in [-0.05, 0) is 24.3 Å². The van der Waals surface area contributed by atoms with Gasteiger partial charge in [-0.15, -0.1) is 0 Å². The van der Waals surface area contributed by atoms with Gasteiger partial charge in [0.05, 0.1) is 12.2 Å². The molecule has 1 fully saturated rings. The molecule has 27 heavy (non-hydrogen) atoms. The third-order valence-electron chi connectivity index (χ3n) is 4.68. The van der Waals surface area contributed by atoms with Gasteiger partial charge in [-0.2, -0.15) is 0 Å². The minimum Gasteiger partial charge on any atom is -0.490 e. The first kappa shape index (κ1) is 19.0. The van der Waals surface area contributed by atoms with Crippen molar-refractivity contribution in [3.05, 3.63) is 54.2 Å². The van der Waals surface area contributed by atoms with E-state index in [4.69, 9.17) is 4.74 Å². The predicted octanol–water partition coefficient (Wildman–Crippen LogP) is 2.77. The number of ether oxygens (including phenoxy) is 1. The zero-order valence-corrected chi connectivity index (χ0v) is 16.4. The molecule has 1 aliphatic rings. The SMILES string of the molecule is CN=C(NCc1cccc(N(C)C)n1)N1CCC(Oc2ccccc2)CC1. The summed E-state index contributed by atoms with van der Waals surface area (Å²) in [5.74, 6) is 2.83. The normalized spacial score (nSPS) is 15.5. The van der Waals surface area contributed by atoms with E-state index in [9.17, 15) is 0 Å². The first-order valence-electron chi connectivity index (χ1n) is 9.46. The van der Waals surface area contributed by atoms with Crippen LogP contribution >= 0.6 is 0 Å². The van der Waals surface area contributed by atoms with Gasteiger partial charge >= 0.3 is 0 Å². The molecule has 0 saturated carbocycles. The van der Waals surface area contributed by atoms with Gasteiger partial charge in [-0.3, -0.25) is 4.99 Å². The van der Waals surface area contributed by atoms with Crippen molar-refractivity contribution in [2.24, 2.45) is 4.99 Å². The molecule has 144 valence electrons. The number of anilines is 1. The van der Waals surface area contributed by atoms with Gasteiger partial charge in [0.25, 0.3) is 0 Å². The van der Waals surface area contributed by atoms with Crippen LogP contribution in [0.5, 0.6) is 5.75 Å². The van der Waals surface area contributed by atoms with Crippen molar-refractivity contribution in [1.29, 1.82) is 0 Å². The van der Waals surface area contributed by atoms with Crippen molar-refractivity contribution in [1.82, 2.24) is 15.2 Å². The summed E-state index contributed by atoms with van der Waals surface area (Å²) >= 11 is 0. The highest BCUT2D eigenvalue weighted by atomic mass is 16.5. The second-order valence-corrected chi connectivity index (χ2v) is 6.90. The highest BCUT2D eigenvalue weighted by Gasteiger charge is 2.22. The second kappa shape index (κ2) is 9.26. The van der Waals surface area contributed by atoms with Gasteiger partial charge in [-0.25, -0.2) is 4.98 Å². The fourth-order valence-electron chi connectivity index (χ4n) is 3.19. The summed E-state index contributed by atoms with van der Waals surface area (Å²) in [6.07, 6.45) is 2.24. The van der Waals surface area contributed by atoms with E-state index >= 15 is 0 Å². The number of likely N-dealkylation sites (tertiary alicyclic amines) is 1. The maximum absolute atomic E-state index is 6.08. The summed E-state index contributed by atoms with van der Waals surface area (Å²) in [6.45, 7) is 2.53. The Kier molecular flexibility index (Phi) is 6.52. The number of nitrogens with zero attached hydrogens (tertiary/aromatic N) is 4. The molecule has 6 heteroatoms. The number of benzene rings is 1. The Morgan fingerprint density at radius 2 is 1.89 bits per heavy atom. The van der Waals surface area contributed by atoms with Crippen LogP contribution in [0.1, 0.15) is 18.5 Å². The molecule has 6 nitrogen and oxygen atoms in total. The van der Waals surface area contributed by atoms with E-state index in [0.717, 1.165) is 49.2 Å². The zero-order valence-electron chi connectivity index (χ0n) is 16.4. The van der Waals surface area contributed by atoms with Crippen LogP contribution in [-0.4, -0.2) is 56.2 Å². The minimum atomic E-state index is 0.264. The van der Waals surface area contributed by atoms with E-state index < -0.39 is 0 Å². The van der Waals surface area contributed by atoms with E-state index in [2.05, 4.69) is 20.2 Å². The van der Waals surface area contributed by atoms with E-state index in [1.54, 1.807) is 0 Å². The molecule has 1 N–H and O–H groups in total. The fraction of sp³-hybridized carbons (Fsp3) is 0.429. The van der Waals surface area contributed by atoms with Gasteiger partial charge in [0.15, 0.2) is 5.96 Å². The van der Waals surface area contributed by atoms with Crippen molar-refractivity contribution < 1.29 is 4.74 Å². The van der Waals surface area contributed by atoms with Crippen molar-refractivity contribution in [3.63, 3.8) is 0 Å². The average Bonchev–Trinajstić information content (AvgIpc) is 2.70. The molecule has 1 aliphatic heterocycles. The van der Waals surface area contributed by atoms with Gasteiger partial charge in [0.1, 0.15) is 17.7 Å². The van der Waals surface area contributed by atoms with Crippen LogP contribution in [0.4, 0.5) is 5.82 Å². The minimum absolute atomic E-state index is 0.264. The van der Waals surface area contributed by atoms with Crippen LogP contribution in [0.15, 0.2) is 53.5 Å². The molecule has 0 bridgehead atoms. The summed E-state index contributed by atoms with van der Waals surface area (Å²) in [6, 6.07) is 16.1. The lowest BCUT2D eigenvalue weighted by molar-refractivity contribution is 0.129. The van der Waals surface area contributed by atoms with Crippen LogP contribution in [0.2, 0.25) is 0 Å². The number of hydrogen-bond acceptors (Lipinski definition) is 4. The Bertz CT molecular complexity index is 739. The third kappa shape index (κ3) is 5.36. The smallest absolute Gasteiger partial charge is 0.193 e. The zero-order chi connectivity index (χ0) is 19.1. The van der Waals surface area contributed by atoms with Crippen molar-refractivity contribution in [2.75, 3.05) is 39.1 Å². The van der Waals surface area contributed by atoms with Crippen molar-refractivity contribution in [3.8, 4) is 5.75 Å². The van der Waals surface area contributed by atoms with Crippen LogP contribution in [0, 0.1) is 0 Å². The quantitative estimate of drug-likeness (QED) is 0.651. The van der Waals surface area contributed by atoms with E-state index in [0.29, 0.717) is 6.54 Å². The third-order valence-corrected chi connectivity index (χ3v) is 4.68. The summed E-state index contributed by atoms with van der Waals surface area (Å²) in [5, 5.41) is 3.44. The van der Waals surface area contributed by atoms with Crippen molar-refractivity contribution >= 4 is 11.8 Å². The van der Waals surface area contributed by atoms with Gasteiger partial charge in [-0.1, -0.05) is 24.3 Å². The molecule has 1 aromatic carbocycles. The van der Waals surface area contributed by atoms with Crippen LogP contribution in [-0.2, 0) is 6.54 Å². The summed E-state index contributed by atoms with van der Waals surface area (Å²) < 4.78 is 6.08. The van der Waals surface area contributed by atoms with Crippen LogP contribution in [0.25, 0.3) is 0 Å². The Morgan fingerprint density at radius 1 is 1.15 bits per heavy atom. The molecule has 2 aromatic rings. The molecular weight excluding hydrogens is 338 g/mol. The highest BCUT2D eigenvalue weighted by Crippen LogP contribution is 2.18. The molecule has 0 aliphatic carbocycles. The Labute approximate surface area is 161 Å². The number of para-hydroxylation sites is 1. The summed E-state index contributed by atoms with van der Waals surface area (Å²) in [7, 11) is 5.83. The van der Waals surface area contributed by atoms with E-state index in [-0.39, 0.29) is 6.10 Å². The highest BCUT2D eigenvalue weighted by molar-refractivity contribution is 5.79. The standard InChI is InChI=1S/C21H29N5O/c1-22-21(23-16-17-8-7-11-20(24-17)25(2)3)26-14-12-19(13-15-26)27-18-9-5-4-6-10-18/h4-11,19H,12-16H2,1-3H3,(H,22,23). The molecule has 0 radical (unpaired) electrons. The topological polar surface area (TPSA) is 53.0 Å². The number of nitrogens with one attached hydrogen (secondary N) is 1. The lowest BCUT2D eigenvalue weighted by Gasteiger charge is -2.34. The summed E-state index contributed by atoms with van der Waals surface area (Å²) in [5.41, 5.74) is 1.00. The predicted molar refractivity (Wildman–Crippen MR) is 110 cm³/mol. The number of aromatic nitrogens is 1. The fourth-order valence-corrected chi connectivity index (χ4v) is 3.19. The molecule has 3 rings (SSSR count). The van der Waals surface area contributed by atoms with Gasteiger partial charge < -0.3 is 19.9 Å². The molecule has 2 heterocycles. The number of rotatable bonds is 5. The Hall–Kier alpha value is -2.76. The second-order valence-electron chi connectivity index (χ2n) is 6.90. The number of guanidine groups is 1. The number of aliphatic imine (C=N–C) groups is 1. The van der Waals surface area contributed by atoms with E-state index in [1.165, 1.54) is 0 Å². The maximum atomic E-state index is 6.08. The first-order chi connectivity index (χ1) is 13.2. The van der Waals surface area contributed by atoms with Crippen LogP contribution in [0.3, 0.4) is 0 Å². The molecular formula is C21H29N5O. The molecule has 1 saturated heterocycles. The van der Waals surface area contributed by atoms with Crippen LogP contribution < -0.4 is 15.0 Å². The van der Waals surface area contributed by atoms with Crippen molar-refractivity contribution in [2.45, 2.75) is 25.5 Å². The monoisotopic (exact) mass is 367 g/mol.